The van der Waals surface area contributed by atoms with Crippen molar-refractivity contribution in [3.63, 3.8) is 0 Å². The smallest absolute Gasteiger partial charge is 0.277 e. The number of nitrogens with zero attached hydrogens (tertiary/aromatic N) is 4. The zero-order chi connectivity index (χ0) is 24.4. The van der Waals surface area contributed by atoms with Gasteiger partial charge in [0.05, 0.1) is 29.9 Å². The maximum Gasteiger partial charge on any atom is 0.277 e. The molecule has 1 aliphatic rings. The molecular formula is C27H21N5O3. The lowest BCUT2D eigenvalue weighted by Gasteiger charge is -2.28. The van der Waals surface area contributed by atoms with Crippen LogP contribution in [0.2, 0.25) is 0 Å². The molecule has 1 aromatic heterocycles. The van der Waals surface area contributed by atoms with Gasteiger partial charge in [0.25, 0.3) is 11.8 Å². The van der Waals surface area contributed by atoms with Gasteiger partial charge in [-0.3, -0.25) is 14.3 Å². The molecule has 172 valence electrons. The number of carbonyl (C=O) groups excluding carboxylic acids is 2. The molecule has 8 heteroatoms. The van der Waals surface area contributed by atoms with Crippen molar-refractivity contribution in [2.24, 2.45) is 0 Å². The summed E-state index contributed by atoms with van der Waals surface area (Å²) >= 11 is 0. The molecule has 2 amide bonds. The summed E-state index contributed by atoms with van der Waals surface area (Å²) in [6.45, 7) is 0.906. The number of phenolic OH excluding ortho intramolecular Hbond substituents is 1. The number of carbonyl (C=O) groups is 2. The Kier molecular flexibility index (Phi) is 5.73. The van der Waals surface area contributed by atoms with Gasteiger partial charge < -0.3 is 15.3 Å². The number of aromatic nitrogens is 2. The van der Waals surface area contributed by atoms with Gasteiger partial charge in [-0.05, 0) is 60.0 Å². The molecule has 0 atom stereocenters. The zero-order valence-corrected chi connectivity index (χ0v) is 18.7. The Morgan fingerprint density at radius 1 is 1.03 bits per heavy atom. The van der Waals surface area contributed by atoms with Crippen LogP contribution < -0.4 is 10.2 Å². The van der Waals surface area contributed by atoms with E-state index in [1.165, 1.54) is 6.20 Å². The summed E-state index contributed by atoms with van der Waals surface area (Å²) in [5, 5.41) is 25.5. The number of aromatic hydroxyl groups is 1. The van der Waals surface area contributed by atoms with E-state index in [-0.39, 0.29) is 22.9 Å². The molecular weight excluding hydrogens is 442 g/mol. The van der Waals surface area contributed by atoms with E-state index in [0.29, 0.717) is 30.8 Å². The summed E-state index contributed by atoms with van der Waals surface area (Å²) in [6.07, 6.45) is 2.11. The maximum atomic E-state index is 13.4. The fourth-order valence-corrected chi connectivity index (χ4v) is 4.13. The first-order valence-corrected chi connectivity index (χ1v) is 11.1. The van der Waals surface area contributed by atoms with Gasteiger partial charge in [-0.1, -0.05) is 30.3 Å². The van der Waals surface area contributed by atoms with Gasteiger partial charge in [-0.15, -0.1) is 0 Å². The molecule has 1 aliphatic heterocycles. The first kappa shape index (κ1) is 21.9. The number of hydrogen-bond acceptors (Lipinski definition) is 5. The van der Waals surface area contributed by atoms with Crippen LogP contribution >= 0.6 is 0 Å². The van der Waals surface area contributed by atoms with Crippen molar-refractivity contribution in [3.8, 4) is 11.8 Å². The average Bonchev–Trinajstić information content (AvgIpc) is 3.32. The highest BCUT2D eigenvalue weighted by molar-refractivity contribution is 6.15. The first-order chi connectivity index (χ1) is 17.0. The van der Waals surface area contributed by atoms with Crippen molar-refractivity contribution >= 4 is 23.2 Å². The van der Waals surface area contributed by atoms with E-state index in [0.717, 1.165) is 16.8 Å². The summed E-state index contributed by atoms with van der Waals surface area (Å²) in [4.78, 5) is 28.0. The van der Waals surface area contributed by atoms with Crippen LogP contribution in [0.5, 0.6) is 5.75 Å². The fourth-order valence-electron chi connectivity index (χ4n) is 4.13. The predicted molar refractivity (Wildman–Crippen MR) is 130 cm³/mol. The van der Waals surface area contributed by atoms with Crippen molar-refractivity contribution in [2.45, 2.75) is 13.0 Å². The van der Waals surface area contributed by atoms with Crippen LogP contribution in [0.25, 0.3) is 0 Å². The summed E-state index contributed by atoms with van der Waals surface area (Å²) < 4.78 is 1.55. The second-order valence-electron chi connectivity index (χ2n) is 8.24. The molecule has 0 radical (unpaired) electrons. The number of benzene rings is 3. The third kappa shape index (κ3) is 4.48. The Hall–Kier alpha value is -4.90. The van der Waals surface area contributed by atoms with Crippen LogP contribution in [0, 0.1) is 11.3 Å². The van der Waals surface area contributed by atoms with E-state index in [4.69, 9.17) is 5.26 Å². The fraction of sp³-hybridized carbons (Fsp3) is 0.111. The van der Waals surface area contributed by atoms with Gasteiger partial charge in [-0.25, -0.2) is 0 Å². The van der Waals surface area contributed by atoms with Gasteiger partial charge in [0.2, 0.25) is 0 Å². The molecule has 0 fully saturated rings. The van der Waals surface area contributed by atoms with Crippen LogP contribution in [-0.4, -0.2) is 33.2 Å². The van der Waals surface area contributed by atoms with Gasteiger partial charge in [0.1, 0.15) is 11.4 Å². The van der Waals surface area contributed by atoms with Crippen molar-refractivity contribution in [1.29, 1.82) is 5.26 Å². The molecule has 0 aliphatic carbocycles. The minimum Gasteiger partial charge on any atom is -0.508 e. The van der Waals surface area contributed by atoms with Crippen molar-refractivity contribution < 1.29 is 14.7 Å². The molecule has 35 heavy (non-hydrogen) atoms. The molecule has 0 saturated carbocycles. The van der Waals surface area contributed by atoms with E-state index in [1.807, 2.05) is 42.5 Å². The van der Waals surface area contributed by atoms with Gasteiger partial charge in [0, 0.05) is 17.9 Å². The number of nitrogens with one attached hydrogen (secondary N) is 1. The van der Waals surface area contributed by atoms with Crippen LogP contribution in [-0.2, 0) is 13.0 Å². The summed E-state index contributed by atoms with van der Waals surface area (Å²) in [7, 11) is 0. The van der Waals surface area contributed by atoms with E-state index in [1.54, 1.807) is 46.0 Å². The minimum atomic E-state index is -0.458. The molecule has 3 aromatic carbocycles. The second-order valence-corrected chi connectivity index (χ2v) is 8.24. The summed E-state index contributed by atoms with van der Waals surface area (Å²) in [5.74, 6) is -0.521. The van der Waals surface area contributed by atoms with E-state index < -0.39 is 5.91 Å². The second kappa shape index (κ2) is 9.15. The monoisotopic (exact) mass is 463 g/mol. The normalized spacial score (nSPS) is 12.7. The largest absolute Gasteiger partial charge is 0.508 e. The maximum absolute atomic E-state index is 13.4. The Bertz CT molecular complexity index is 1450. The number of phenols is 1. The topological polar surface area (TPSA) is 111 Å². The number of amides is 2. The number of rotatable bonds is 5. The number of fused-ring (bicyclic) bond motifs is 1. The van der Waals surface area contributed by atoms with Gasteiger partial charge in [-0.2, -0.15) is 10.4 Å². The molecule has 0 bridgehead atoms. The third-order valence-corrected chi connectivity index (χ3v) is 5.91. The van der Waals surface area contributed by atoms with Crippen molar-refractivity contribution in [2.75, 3.05) is 16.8 Å². The number of hydrogen-bond donors (Lipinski definition) is 2. The Balaban J connectivity index is 1.34. The SMILES string of the molecule is N#Cc1cccc(NC(=O)c2cnn3c2C(=O)N(c2ccc(Cc4ccc(O)cc4)cc2)CC3)c1. The molecule has 4 aromatic rings. The molecule has 8 nitrogen and oxygen atoms in total. The Morgan fingerprint density at radius 3 is 2.46 bits per heavy atom. The molecule has 5 rings (SSSR count). The quantitative estimate of drug-likeness (QED) is 0.465. The highest BCUT2D eigenvalue weighted by atomic mass is 16.3. The summed E-state index contributed by atoms with van der Waals surface area (Å²) in [6, 6.07) is 23.4. The Morgan fingerprint density at radius 2 is 1.74 bits per heavy atom. The predicted octanol–water partition coefficient (Wildman–Crippen LogP) is 3.96. The van der Waals surface area contributed by atoms with Crippen LogP contribution in [0.4, 0.5) is 11.4 Å². The lowest BCUT2D eigenvalue weighted by molar-refractivity contribution is 0.0947. The summed E-state index contributed by atoms with van der Waals surface area (Å²) in [5.41, 5.74) is 4.21. The van der Waals surface area contributed by atoms with E-state index in [2.05, 4.69) is 10.4 Å². The standard InChI is InChI=1S/C27H21N5O3/c28-16-20-2-1-3-21(15-20)30-26(34)24-17-29-32-13-12-31(27(35)25(24)32)22-8-4-18(5-9-22)14-19-6-10-23(33)11-7-19/h1-11,15,17,33H,12-14H2,(H,30,34). The van der Waals surface area contributed by atoms with Crippen LogP contribution in [0.15, 0.2) is 79.0 Å². The minimum absolute atomic E-state index is 0.186. The molecule has 0 saturated heterocycles. The van der Waals surface area contributed by atoms with E-state index in [9.17, 15) is 14.7 Å². The van der Waals surface area contributed by atoms with Crippen molar-refractivity contribution in [1.82, 2.24) is 9.78 Å². The van der Waals surface area contributed by atoms with Crippen molar-refractivity contribution in [3.05, 3.63) is 107 Å². The highest BCUT2D eigenvalue weighted by Gasteiger charge is 2.32. The zero-order valence-electron chi connectivity index (χ0n) is 18.7. The third-order valence-electron chi connectivity index (χ3n) is 5.91. The Labute approximate surface area is 201 Å². The van der Waals surface area contributed by atoms with E-state index >= 15 is 0 Å². The molecule has 2 heterocycles. The molecule has 2 N–H and O–H groups in total. The average molecular weight is 463 g/mol. The highest BCUT2D eigenvalue weighted by Crippen LogP contribution is 2.25. The molecule has 0 spiro atoms. The van der Waals surface area contributed by atoms with Gasteiger partial charge >= 0.3 is 0 Å². The van der Waals surface area contributed by atoms with Crippen LogP contribution in [0.3, 0.4) is 0 Å². The number of nitriles is 1. The lowest BCUT2D eigenvalue weighted by Crippen LogP contribution is -2.41. The number of anilines is 2. The lowest BCUT2D eigenvalue weighted by atomic mass is 10.0. The van der Waals surface area contributed by atoms with Crippen LogP contribution in [0.1, 0.15) is 37.5 Å². The first-order valence-electron chi connectivity index (χ1n) is 11.1. The van der Waals surface area contributed by atoms with Gasteiger partial charge in [0.15, 0.2) is 0 Å². The molecule has 0 unspecified atom stereocenters.